The van der Waals surface area contributed by atoms with Crippen molar-refractivity contribution in [2.24, 2.45) is 0 Å². The summed E-state index contributed by atoms with van der Waals surface area (Å²) >= 11 is 0. The van der Waals surface area contributed by atoms with Gasteiger partial charge in [0.1, 0.15) is 6.54 Å². The number of aromatic nitrogens is 2. The highest BCUT2D eigenvalue weighted by Crippen LogP contribution is 2.22. The molecule has 0 bridgehead atoms. The van der Waals surface area contributed by atoms with E-state index in [2.05, 4.69) is 36.1 Å². The van der Waals surface area contributed by atoms with Crippen LogP contribution in [-0.4, -0.2) is 72.0 Å². The maximum absolute atomic E-state index is 12.3. The molecular weight excluding hydrogens is 410 g/mol. The van der Waals surface area contributed by atoms with Gasteiger partial charge in [-0.05, 0) is 29.2 Å². The third kappa shape index (κ3) is 6.26. The molecule has 1 aromatic carbocycles. The monoisotopic (exact) mass is 439 g/mol. The van der Waals surface area contributed by atoms with E-state index in [1.165, 1.54) is 0 Å². The number of rotatable bonds is 6. The van der Waals surface area contributed by atoms with Gasteiger partial charge < -0.3 is 19.9 Å². The first-order chi connectivity index (χ1) is 15.2. The van der Waals surface area contributed by atoms with Crippen molar-refractivity contribution in [2.75, 3.05) is 44.2 Å². The summed E-state index contributed by atoms with van der Waals surface area (Å²) in [5.74, 6) is -0.659. The lowest BCUT2D eigenvalue weighted by Gasteiger charge is -2.34. The lowest BCUT2D eigenvalue weighted by atomic mass is 9.87. The van der Waals surface area contributed by atoms with Gasteiger partial charge in [-0.25, -0.2) is 9.97 Å². The van der Waals surface area contributed by atoms with Crippen LogP contribution in [0.3, 0.4) is 0 Å². The molecular formula is C23H29N5O4. The Kier molecular flexibility index (Phi) is 7.40. The number of nitrogens with one attached hydrogen (secondary N) is 1. The molecule has 2 heterocycles. The first-order valence-corrected chi connectivity index (χ1v) is 10.6. The Balaban J connectivity index is 1.37. The molecule has 1 aliphatic heterocycles. The van der Waals surface area contributed by atoms with Crippen LogP contribution in [-0.2, 0) is 19.7 Å². The van der Waals surface area contributed by atoms with Gasteiger partial charge in [-0.15, -0.1) is 0 Å². The number of hydrogen-bond donors (Lipinski definition) is 1. The molecule has 1 aliphatic rings. The van der Waals surface area contributed by atoms with Crippen LogP contribution in [0.5, 0.6) is 0 Å². The van der Waals surface area contributed by atoms with Crippen molar-refractivity contribution in [1.29, 1.82) is 0 Å². The summed E-state index contributed by atoms with van der Waals surface area (Å²) in [7, 11) is 0. The van der Waals surface area contributed by atoms with Gasteiger partial charge in [-0.2, -0.15) is 0 Å². The summed E-state index contributed by atoms with van der Waals surface area (Å²) in [5.41, 5.74) is 1.57. The maximum Gasteiger partial charge on any atom is 0.325 e. The number of nitrogens with zero attached hydrogens (tertiary/aromatic N) is 4. The summed E-state index contributed by atoms with van der Waals surface area (Å²) in [5, 5.41) is 2.53. The topological polar surface area (TPSA) is 105 Å². The predicted octanol–water partition coefficient (Wildman–Crippen LogP) is 1.40. The summed E-state index contributed by atoms with van der Waals surface area (Å²) in [6, 6.07) is 9.00. The summed E-state index contributed by atoms with van der Waals surface area (Å²) in [4.78, 5) is 48.6. The van der Waals surface area contributed by atoms with E-state index in [9.17, 15) is 14.4 Å². The second-order valence-electron chi connectivity index (χ2n) is 8.59. The van der Waals surface area contributed by atoms with E-state index in [-0.39, 0.29) is 30.4 Å². The lowest BCUT2D eigenvalue weighted by molar-refractivity contribution is -0.151. The highest BCUT2D eigenvalue weighted by atomic mass is 16.5. The van der Waals surface area contributed by atoms with Crippen molar-refractivity contribution < 1.29 is 19.1 Å². The van der Waals surface area contributed by atoms with Crippen molar-refractivity contribution in [1.82, 2.24) is 20.2 Å². The minimum atomic E-state index is -0.658. The van der Waals surface area contributed by atoms with Crippen LogP contribution in [0.25, 0.3) is 0 Å². The summed E-state index contributed by atoms with van der Waals surface area (Å²) < 4.78 is 5.04. The average molecular weight is 440 g/mol. The Hall–Kier alpha value is -3.49. The van der Waals surface area contributed by atoms with Crippen LogP contribution in [0.4, 0.5) is 5.95 Å². The van der Waals surface area contributed by atoms with Gasteiger partial charge in [0.2, 0.25) is 5.95 Å². The lowest BCUT2D eigenvalue weighted by Crippen LogP contribution is -2.50. The Bertz CT molecular complexity index is 933. The first kappa shape index (κ1) is 23.2. The largest absolute Gasteiger partial charge is 0.454 e. The smallest absolute Gasteiger partial charge is 0.325 e. The number of anilines is 1. The molecule has 9 nitrogen and oxygen atoms in total. The first-order valence-electron chi connectivity index (χ1n) is 10.6. The van der Waals surface area contributed by atoms with Crippen LogP contribution in [0, 0.1) is 0 Å². The van der Waals surface area contributed by atoms with Crippen LogP contribution in [0.2, 0.25) is 0 Å². The fraction of sp³-hybridized carbons (Fsp3) is 0.435. The fourth-order valence-electron chi connectivity index (χ4n) is 3.27. The molecule has 0 unspecified atom stereocenters. The minimum absolute atomic E-state index is 0.00663. The molecule has 170 valence electrons. The molecule has 0 atom stereocenters. The van der Waals surface area contributed by atoms with Gasteiger partial charge >= 0.3 is 5.97 Å². The molecule has 9 heteroatoms. The molecule has 2 amide bonds. The van der Waals surface area contributed by atoms with Crippen molar-refractivity contribution in [3.05, 3.63) is 53.9 Å². The molecule has 0 spiro atoms. The number of carbonyl (C=O) groups is 3. The van der Waals surface area contributed by atoms with E-state index in [1.807, 2.05) is 17.0 Å². The third-order valence-corrected chi connectivity index (χ3v) is 5.23. The number of amides is 2. The van der Waals surface area contributed by atoms with E-state index in [0.717, 1.165) is 5.56 Å². The molecule has 1 saturated heterocycles. The zero-order valence-electron chi connectivity index (χ0n) is 18.7. The van der Waals surface area contributed by atoms with Gasteiger partial charge in [-0.3, -0.25) is 14.4 Å². The second kappa shape index (κ2) is 10.2. The second-order valence-corrected chi connectivity index (χ2v) is 8.59. The zero-order chi connectivity index (χ0) is 23.1. The average Bonchev–Trinajstić information content (AvgIpc) is 2.81. The number of benzene rings is 1. The van der Waals surface area contributed by atoms with Crippen molar-refractivity contribution in [2.45, 2.75) is 26.2 Å². The van der Waals surface area contributed by atoms with Crippen molar-refractivity contribution in [3.8, 4) is 0 Å². The minimum Gasteiger partial charge on any atom is -0.454 e. The van der Waals surface area contributed by atoms with Gasteiger partial charge in [-0.1, -0.05) is 32.9 Å². The van der Waals surface area contributed by atoms with E-state index in [0.29, 0.717) is 37.7 Å². The number of piperazine rings is 1. The third-order valence-electron chi connectivity index (χ3n) is 5.23. The van der Waals surface area contributed by atoms with E-state index >= 15 is 0 Å². The van der Waals surface area contributed by atoms with Gasteiger partial charge in [0.15, 0.2) is 6.61 Å². The molecule has 1 N–H and O–H groups in total. The van der Waals surface area contributed by atoms with Crippen LogP contribution >= 0.6 is 0 Å². The molecule has 0 radical (unpaired) electrons. The van der Waals surface area contributed by atoms with E-state index < -0.39 is 5.97 Å². The molecule has 2 aromatic rings. The Morgan fingerprint density at radius 3 is 2.22 bits per heavy atom. The molecule has 3 rings (SSSR count). The normalized spacial score (nSPS) is 14.1. The molecule has 0 saturated carbocycles. The Labute approximate surface area is 187 Å². The van der Waals surface area contributed by atoms with Gasteiger partial charge in [0, 0.05) is 44.1 Å². The Morgan fingerprint density at radius 2 is 1.62 bits per heavy atom. The van der Waals surface area contributed by atoms with Crippen molar-refractivity contribution >= 4 is 23.7 Å². The van der Waals surface area contributed by atoms with Gasteiger partial charge in [0.05, 0.1) is 0 Å². The highest BCUT2D eigenvalue weighted by molar-refractivity contribution is 5.96. The number of esters is 1. The van der Waals surface area contributed by atoms with Crippen LogP contribution in [0.15, 0.2) is 42.7 Å². The zero-order valence-corrected chi connectivity index (χ0v) is 18.7. The SMILES string of the molecule is CC(C)(C)c1ccc(C(=O)NCC(=O)OCC(=O)N2CCN(c3ncccn3)CC2)cc1. The Morgan fingerprint density at radius 1 is 1.00 bits per heavy atom. The molecule has 0 aliphatic carbocycles. The number of hydrogen-bond acceptors (Lipinski definition) is 7. The molecule has 1 fully saturated rings. The number of ether oxygens (including phenoxy) is 1. The van der Waals surface area contributed by atoms with E-state index in [4.69, 9.17) is 4.74 Å². The number of carbonyl (C=O) groups excluding carboxylic acids is 3. The predicted molar refractivity (Wildman–Crippen MR) is 119 cm³/mol. The van der Waals surface area contributed by atoms with Crippen LogP contribution < -0.4 is 10.2 Å². The van der Waals surface area contributed by atoms with Gasteiger partial charge in [0.25, 0.3) is 11.8 Å². The fourth-order valence-corrected chi connectivity index (χ4v) is 3.27. The van der Waals surface area contributed by atoms with Crippen molar-refractivity contribution in [3.63, 3.8) is 0 Å². The molecule has 1 aromatic heterocycles. The summed E-state index contributed by atoms with van der Waals surface area (Å²) in [6.45, 7) is 7.83. The van der Waals surface area contributed by atoms with E-state index in [1.54, 1.807) is 35.5 Å². The quantitative estimate of drug-likeness (QED) is 0.678. The maximum atomic E-state index is 12.3. The molecule has 32 heavy (non-hydrogen) atoms. The van der Waals surface area contributed by atoms with Crippen LogP contribution in [0.1, 0.15) is 36.7 Å². The highest BCUT2D eigenvalue weighted by Gasteiger charge is 2.23. The standard InChI is InChI=1S/C23H29N5O4/c1-23(2,3)18-7-5-17(6-8-18)21(31)26-15-20(30)32-16-19(29)27-11-13-28(14-12-27)22-24-9-4-10-25-22/h4-10H,11-16H2,1-3H3,(H,26,31). The summed E-state index contributed by atoms with van der Waals surface area (Å²) in [6.07, 6.45) is 3.36.